The van der Waals surface area contributed by atoms with Gasteiger partial charge in [-0.15, -0.1) is 0 Å². The largest absolute Gasteiger partial charge is 0.469 e. The zero-order valence-corrected chi connectivity index (χ0v) is 21.7. The molecule has 186 valence electrons. The number of phosphoric ester groups is 1. The minimum atomic E-state index is -4.44. The van der Waals surface area contributed by atoms with Crippen molar-refractivity contribution in [3.8, 4) is 0 Å². The molecule has 0 aromatic rings. The molecule has 0 spiro atoms. The summed E-state index contributed by atoms with van der Waals surface area (Å²) in [6.07, 6.45) is 19.6. The third kappa shape index (κ3) is 26.1. The first-order chi connectivity index (χ1) is 14.8. The van der Waals surface area contributed by atoms with Crippen molar-refractivity contribution < 1.29 is 23.7 Å². The van der Waals surface area contributed by atoms with Crippen LogP contribution in [-0.4, -0.2) is 40.4 Å². The number of rotatable bonds is 23. The summed E-state index contributed by atoms with van der Waals surface area (Å²) in [6, 6.07) is 0. The van der Waals surface area contributed by atoms with E-state index >= 15 is 0 Å². The van der Waals surface area contributed by atoms with E-state index in [9.17, 15) is 9.36 Å². The highest BCUT2D eigenvalue weighted by Crippen LogP contribution is 2.36. The molecule has 31 heavy (non-hydrogen) atoms. The molecule has 3 N–H and O–H groups in total. The zero-order valence-electron chi connectivity index (χ0n) is 20.0. The van der Waals surface area contributed by atoms with Crippen molar-refractivity contribution in [1.82, 2.24) is 5.32 Å². The van der Waals surface area contributed by atoms with Crippen molar-refractivity contribution in [2.24, 2.45) is 5.92 Å². The predicted molar refractivity (Wildman–Crippen MR) is 132 cm³/mol. The molecule has 0 aliphatic heterocycles. The molecular weight excluding hydrogens is 433 g/mol. The Bertz CT molecular complexity index is 461. The Hall–Kier alpha value is -0.0700. The standard InChI is InChI=1S/C23H48NO5PS/c1-3-4-5-6-7-8-9-10-11-12-13-14-15-16-19-31-21-23(17-18-24-22(2)25)20-29-30(26,27)28/h23H,3-21H2,1-2H3,(H,24,25)(H2,26,27,28). The zero-order chi connectivity index (χ0) is 23.2. The van der Waals surface area contributed by atoms with Gasteiger partial charge in [0, 0.05) is 13.5 Å². The number of hydrogen-bond donors (Lipinski definition) is 3. The van der Waals surface area contributed by atoms with Crippen LogP contribution in [0.2, 0.25) is 0 Å². The van der Waals surface area contributed by atoms with Gasteiger partial charge in [-0.25, -0.2) is 4.57 Å². The third-order valence-corrected chi connectivity index (χ3v) is 7.17. The second kappa shape index (κ2) is 21.8. The van der Waals surface area contributed by atoms with E-state index in [2.05, 4.69) is 16.8 Å². The molecule has 0 aliphatic rings. The van der Waals surface area contributed by atoms with Gasteiger partial charge in [0.1, 0.15) is 0 Å². The molecule has 0 bridgehead atoms. The fourth-order valence-corrected chi connectivity index (χ4v) is 5.09. The predicted octanol–water partition coefficient (Wildman–Crippen LogP) is 6.45. The van der Waals surface area contributed by atoms with Crippen molar-refractivity contribution in [3.63, 3.8) is 0 Å². The summed E-state index contributed by atoms with van der Waals surface area (Å²) in [7, 11) is -4.44. The topological polar surface area (TPSA) is 95.9 Å². The Balaban J connectivity index is 3.56. The molecule has 0 aromatic heterocycles. The van der Waals surface area contributed by atoms with Gasteiger partial charge >= 0.3 is 7.82 Å². The fourth-order valence-electron chi connectivity index (χ4n) is 3.52. The summed E-state index contributed by atoms with van der Waals surface area (Å²) >= 11 is 1.81. The number of unbranched alkanes of at least 4 members (excludes halogenated alkanes) is 13. The van der Waals surface area contributed by atoms with E-state index < -0.39 is 7.82 Å². The summed E-state index contributed by atoms with van der Waals surface area (Å²) < 4.78 is 15.6. The van der Waals surface area contributed by atoms with Gasteiger partial charge in [-0.1, -0.05) is 90.4 Å². The number of nitrogens with one attached hydrogen (secondary N) is 1. The first-order valence-electron chi connectivity index (χ1n) is 12.4. The van der Waals surface area contributed by atoms with E-state index in [1.165, 1.54) is 96.8 Å². The number of hydrogen-bond acceptors (Lipinski definition) is 4. The molecule has 0 heterocycles. The van der Waals surface area contributed by atoms with Crippen LogP contribution in [-0.2, 0) is 13.9 Å². The first kappa shape index (κ1) is 30.9. The van der Waals surface area contributed by atoms with E-state index in [0.29, 0.717) is 13.0 Å². The summed E-state index contributed by atoms with van der Waals surface area (Å²) in [5, 5.41) is 2.73. The lowest BCUT2D eigenvalue weighted by molar-refractivity contribution is -0.119. The molecule has 0 radical (unpaired) electrons. The highest BCUT2D eigenvalue weighted by Gasteiger charge is 2.18. The maximum Gasteiger partial charge on any atom is 0.469 e. The van der Waals surface area contributed by atoms with E-state index in [1.54, 1.807) is 0 Å². The van der Waals surface area contributed by atoms with Crippen LogP contribution in [0.15, 0.2) is 0 Å². The van der Waals surface area contributed by atoms with Crippen LogP contribution in [0.5, 0.6) is 0 Å². The molecule has 0 fully saturated rings. The van der Waals surface area contributed by atoms with Crippen molar-refractivity contribution in [3.05, 3.63) is 0 Å². The molecule has 0 saturated carbocycles. The third-order valence-electron chi connectivity index (χ3n) is 5.40. The number of phosphoric acid groups is 1. The van der Waals surface area contributed by atoms with E-state index in [-0.39, 0.29) is 18.4 Å². The lowest BCUT2D eigenvalue weighted by Crippen LogP contribution is -2.25. The van der Waals surface area contributed by atoms with Crippen LogP contribution in [0.4, 0.5) is 0 Å². The molecule has 6 nitrogen and oxygen atoms in total. The van der Waals surface area contributed by atoms with Crippen LogP contribution >= 0.6 is 19.6 Å². The Kier molecular flexibility index (Phi) is 21.7. The van der Waals surface area contributed by atoms with Gasteiger partial charge in [-0.3, -0.25) is 9.32 Å². The molecule has 0 saturated heterocycles. The molecule has 1 unspecified atom stereocenters. The quantitative estimate of drug-likeness (QED) is 0.115. The highest BCUT2D eigenvalue weighted by molar-refractivity contribution is 7.99. The Morgan fingerprint density at radius 3 is 1.84 bits per heavy atom. The van der Waals surface area contributed by atoms with Crippen LogP contribution < -0.4 is 5.32 Å². The lowest BCUT2D eigenvalue weighted by atomic mass is 10.0. The van der Waals surface area contributed by atoms with Crippen LogP contribution in [0, 0.1) is 5.92 Å². The van der Waals surface area contributed by atoms with Crippen molar-refractivity contribution in [2.45, 2.75) is 110 Å². The average Bonchev–Trinajstić information content (AvgIpc) is 2.70. The molecular formula is C23H48NO5PS. The van der Waals surface area contributed by atoms with Gasteiger partial charge in [0.05, 0.1) is 6.61 Å². The van der Waals surface area contributed by atoms with Gasteiger partial charge in [-0.05, 0) is 30.3 Å². The van der Waals surface area contributed by atoms with Gasteiger partial charge in [0.15, 0.2) is 0 Å². The molecule has 1 atom stereocenters. The number of carbonyl (C=O) groups is 1. The summed E-state index contributed by atoms with van der Waals surface area (Å²) in [5.74, 6) is 1.78. The smallest absolute Gasteiger partial charge is 0.356 e. The van der Waals surface area contributed by atoms with E-state index in [4.69, 9.17) is 9.79 Å². The van der Waals surface area contributed by atoms with Crippen LogP contribution in [0.25, 0.3) is 0 Å². The molecule has 8 heteroatoms. The summed E-state index contributed by atoms with van der Waals surface area (Å²) in [4.78, 5) is 28.8. The number of amides is 1. The monoisotopic (exact) mass is 481 g/mol. The second-order valence-corrected chi connectivity index (χ2v) is 11.0. The molecule has 0 aliphatic carbocycles. The van der Waals surface area contributed by atoms with Gasteiger partial charge in [0.25, 0.3) is 0 Å². The molecule has 1 amide bonds. The summed E-state index contributed by atoms with van der Waals surface area (Å²) in [6.45, 7) is 4.26. The number of carbonyl (C=O) groups excluding carboxylic acids is 1. The fraction of sp³-hybridized carbons (Fsp3) is 0.957. The minimum absolute atomic E-state index is 0.0234. The Labute approximate surface area is 195 Å². The van der Waals surface area contributed by atoms with Gasteiger partial charge < -0.3 is 15.1 Å². The van der Waals surface area contributed by atoms with Crippen LogP contribution in [0.1, 0.15) is 110 Å². The number of thioether (sulfide) groups is 1. The molecule has 0 aromatic carbocycles. The Morgan fingerprint density at radius 1 is 0.903 bits per heavy atom. The maximum absolute atomic E-state index is 11.0. The Morgan fingerprint density at radius 2 is 1.39 bits per heavy atom. The van der Waals surface area contributed by atoms with E-state index in [1.807, 2.05) is 11.8 Å². The highest BCUT2D eigenvalue weighted by atomic mass is 32.2. The van der Waals surface area contributed by atoms with Crippen molar-refractivity contribution in [2.75, 3.05) is 24.7 Å². The van der Waals surface area contributed by atoms with Crippen LogP contribution in [0.3, 0.4) is 0 Å². The van der Waals surface area contributed by atoms with Gasteiger partial charge in [-0.2, -0.15) is 11.8 Å². The summed E-state index contributed by atoms with van der Waals surface area (Å²) in [5.41, 5.74) is 0. The lowest BCUT2D eigenvalue weighted by Gasteiger charge is -2.17. The van der Waals surface area contributed by atoms with Crippen molar-refractivity contribution >= 4 is 25.5 Å². The molecule has 0 rings (SSSR count). The average molecular weight is 482 g/mol. The minimum Gasteiger partial charge on any atom is -0.356 e. The van der Waals surface area contributed by atoms with E-state index in [0.717, 1.165) is 11.5 Å². The normalized spacial score (nSPS) is 12.8. The first-order valence-corrected chi connectivity index (χ1v) is 15.1. The second-order valence-electron chi connectivity index (χ2n) is 8.60. The van der Waals surface area contributed by atoms with Crippen molar-refractivity contribution in [1.29, 1.82) is 0 Å². The maximum atomic E-state index is 11.0. The SMILES string of the molecule is CCCCCCCCCCCCCCCCSCC(CCNC(C)=O)COP(=O)(O)O. The van der Waals surface area contributed by atoms with Gasteiger partial charge in [0.2, 0.25) is 5.91 Å².